The lowest BCUT2D eigenvalue weighted by Crippen LogP contribution is -2.11. The summed E-state index contributed by atoms with van der Waals surface area (Å²) in [6, 6.07) is 14.0. The normalized spacial score (nSPS) is 12.4. The van der Waals surface area contributed by atoms with Crippen LogP contribution in [0.25, 0.3) is 16.7 Å². The van der Waals surface area contributed by atoms with Crippen LogP contribution in [0.3, 0.4) is 0 Å². The number of para-hydroxylation sites is 1. The van der Waals surface area contributed by atoms with Crippen molar-refractivity contribution < 1.29 is 15.0 Å². The minimum atomic E-state index is -1.55. The molecule has 1 heterocycles. The van der Waals surface area contributed by atoms with Gasteiger partial charge < -0.3 is 10.2 Å². The van der Waals surface area contributed by atoms with Crippen LogP contribution in [-0.4, -0.2) is 31.2 Å². The lowest BCUT2D eigenvalue weighted by atomic mass is 10.1. The number of carbonyl (C=O) groups is 1. The largest absolute Gasteiger partial charge is 0.479 e. The number of carboxylic acid groups (broad SMARTS) is 1. The van der Waals surface area contributed by atoms with E-state index >= 15 is 0 Å². The van der Waals surface area contributed by atoms with Crippen LogP contribution in [0, 0.1) is 0 Å². The molecule has 0 saturated heterocycles. The van der Waals surface area contributed by atoms with Gasteiger partial charge >= 0.3 is 5.97 Å². The fraction of sp³-hybridized carbons (Fsp3) is 0.0714. The number of hydrogen-bond acceptors (Lipinski definition) is 4. The molecule has 0 bridgehead atoms. The number of aliphatic hydroxyl groups excluding tert-OH is 1. The maximum atomic E-state index is 10.8. The van der Waals surface area contributed by atoms with Crippen molar-refractivity contribution in [1.82, 2.24) is 15.0 Å². The van der Waals surface area contributed by atoms with Gasteiger partial charge in [-0.2, -0.15) is 0 Å². The molecule has 0 radical (unpaired) electrons. The van der Waals surface area contributed by atoms with Gasteiger partial charge in [0.05, 0.1) is 11.2 Å². The first-order valence-corrected chi connectivity index (χ1v) is 5.98. The molecular formula is C14H11N3O3. The molecule has 3 aromatic rings. The fourth-order valence-electron chi connectivity index (χ4n) is 2.03. The van der Waals surface area contributed by atoms with Gasteiger partial charge in [-0.25, -0.2) is 9.48 Å². The molecular weight excluding hydrogens is 258 g/mol. The van der Waals surface area contributed by atoms with E-state index in [9.17, 15) is 9.90 Å². The number of carboxylic acids is 1. The molecule has 1 aromatic heterocycles. The summed E-state index contributed by atoms with van der Waals surface area (Å²) >= 11 is 0. The summed E-state index contributed by atoms with van der Waals surface area (Å²) in [5.74, 6) is -1.29. The van der Waals surface area contributed by atoms with Gasteiger partial charge in [-0.15, -0.1) is 5.10 Å². The second-order valence-electron chi connectivity index (χ2n) is 4.33. The van der Waals surface area contributed by atoms with E-state index in [-0.39, 0.29) is 0 Å². The third-order valence-corrected chi connectivity index (χ3v) is 3.02. The Hall–Kier alpha value is -2.73. The smallest absolute Gasteiger partial charge is 0.337 e. The van der Waals surface area contributed by atoms with Gasteiger partial charge in [-0.3, -0.25) is 0 Å². The number of aromatic nitrogens is 3. The lowest BCUT2D eigenvalue weighted by Gasteiger charge is -2.08. The van der Waals surface area contributed by atoms with Crippen molar-refractivity contribution in [1.29, 1.82) is 0 Å². The van der Waals surface area contributed by atoms with Gasteiger partial charge in [0.2, 0.25) is 0 Å². The highest BCUT2D eigenvalue weighted by molar-refractivity contribution is 5.77. The number of rotatable bonds is 3. The average Bonchev–Trinajstić information content (AvgIpc) is 2.90. The molecule has 2 N–H and O–H groups in total. The predicted molar refractivity (Wildman–Crippen MR) is 71.5 cm³/mol. The first-order chi connectivity index (χ1) is 9.66. The van der Waals surface area contributed by atoms with Crippen molar-refractivity contribution in [2.45, 2.75) is 6.10 Å². The zero-order chi connectivity index (χ0) is 14.1. The Kier molecular flexibility index (Phi) is 2.92. The highest BCUT2D eigenvalue weighted by atomic mass is 16.4. The summed E-state index contributed by atoms with van der Waals surface area (Å²) in [4.78, 5) is 10.8. The molecule has 0 aliphatic rings. The molecule has 100 valence electrons. The molecule has 0 aliphatic carbocycles. The number of fused-ring (bicyclic) bond motifs is 1. The third-order valence-electron chi connectivity index (χ3n) is 3.02. The Morgan fingerprint density at radius 1 is 1.15 bits per heavy atom. The molecule has 0 unspecified atom stereocenters. The highest BCUT2D eigenvalue weighted by Crippen LogP contribution is 2.20. The maximum Gasteiger partial charge on any atom is 0.337 e. The van der Waals surface area contributed by atoms with E-state index in [0.29, 0.717) is 11.3 Å². The number of hydrogen-bond donors (Lipinski definition) is 2. The maximum absolute atomic E-state index is 10.8. The van der Waals surface area contributed by atoms with Crippen LogP contribution in [0.15, 0.2) is 48.5 Å². The van der Waals surface area contributed by atoms with E-state index in [0.717, 1.165) is 11.0 Å². The van der Waals surface area contributed by atoms with Crippen molar-refractivity contribution in [3.05, 3.63) is 54.1 Å². The molecule has 0 saturated carbocycles. The molecule has 20 heavy (non-hydrogen) atoms. The summed E-state index contributed by atoms with van der Waals surface area (Å²) in [6.45, 7) is 0. The van der Waals surface area contributed by atoms with Gasteiger partial charge in [0.15, 0.2) is 6.10 Å². The van der Waals surface area contributed by atoms with E-state index < -0.39 is 12.1 Å². The number of aliphatic hydroxyl groups is 1. The average molecular weight is 269 g/mol. The quantitative estimate of drug-likeness (QED) is 0.753. The van der Waals surface area contributed by atoms with Crippen molar-refractivity contribution in [2.24, 2.45) is 0 Å². The zero-order valence-electron chi connectivity index (χ0n) is 10.3. The molecule has 2 aromatic carbocycles. The van der Waals surface area contributed by atoms with Crippen LogP contribution < -0.4 is 0 Å². The molecule has 0 fully saturated rings. The lowest BCUT2D eigenvalue weighted by molar-refractivity contribution is -0.146. The van der Waals surface area contributed by atoms with Crippen LogP contribution >= 0.6 is 0 Å². The van der Waals surface area contributed by atoms with E-state index in [1.807, 2.05) is 24.3 Å². The first-order valence-electron chi connectivity index (χ1n) is 5.98. The SMILES string of the molecule is O=C(O)[C@H](O)c1cccc(-n2nnc3ccccc32)c1. The summed E-state index contributed by atoms with van der Waals surface area (Å²) in [7, 11) is 0. The summed E-state index contributed by atoms with van der Waals surface area (Å²) in [5.41, 5.74) is 2.51. The second-order valence-corrected chi connectivity index (χ2v) is 4.33. The third kappa shape index (κ3) is 2.02. The van der Waals surface area contributed by atoms with E-state index in [1.54, 1.807) is 28.9 Å². The minimum absolute atomic E-state index is 0.301. The van der Waals surface area contributed by atoms with E-state index in [4.69, 9.17) is 5.11 Å². The van der Waals surface area contributed by atoms with Crippen molar-refractivity contribution in [2.75, 3.05) is 0 Å². The van der Waals surface area contributed by atoms with Crippen LogP contribution in [0.1, 0.15) is 11.7 Å². The Morgan fingerprint density at radius 2 is 1.95 bits per heavy atom. The molecule has 1 atom stereocenters. The van der Waals surface area contributed by atoms with Crippen LogP contribution in [0.2, 0.25) is 0 Å². The van der Waals surface area contributed by atoms with Crippen LogP contribution in [0.4, 0.5) is 0 Å². The number of aliphatic carboxylic acids is 1. The van der Waals surface area contributed by atoms with Gasteiger partial charge in [0, 0.05) is 0 Å². The van der Waals surface area contributed by atoms with Gasteiger partial charge in [-0.1, -0.05) is 29.5 Å². The Morgan fingerprint density at radius 3 is 2.75 bits per heavy atom. The predicted octanol–water partition coefficient (Wildman–Crippen LogP) is 1.54. The van der Waals surface area contributed by atoms with Crippen molar-refractivity contribution in [3.63, 3.8) is 0 Å². The Bertz CT molecular complexity index is 782. The summed E-state index contributed by atoms with van der Waals surface area (Å²) in [5, 5.41) is 26.5. The van der Waals surface area contributed by atoms with Crippen LogP contribution in [-0.2, 0) is 4.79 Å². The standard InChI is InChI=1S/C14H11N3O3/c18-13(14(19)20)9-4-3-5-10(8-9)17-12-7-2-1-6-11(12)15-16-17/h1-8,13,18H,(H,19,20)/t13-/m1/s1. The molecule has 0 spiro atoms. The zero-order valence-corrected chi connectivity index (χ0v) is 10.3. The highest BCUT2D eigenvalue weighted by Gasteiger charge is 2.16. The van der Waals surface area contributed by atoms with Gasteiger partial charge in [0.1, 0.15) is 5.52 Å². The number of benzene rings is 2. The topological polar surface area (TPSA) is 88.2 Å². The summed E-state index contributed by atoms with van der Waals surface area (Å²) < 4.78 is 1.60. The van der Waals surface area contributed by atoms with Crippen LogP contribution in [0.5, 0.6) is 0 Å². The van der Waals surface area contributed by atoms with E-state index in [2.05, 4.69) is 10.3 Å². The first kappa shape index (κ1) is 12.3. The molecule has 6 nitrogen and oxygen atoms in total. The van der Waals surface area contributed by atoms with Crippen molar-refractivity contribution >= 4 is 17.0 Å². The fourth-order valence-corrected chi connectivity index (χ4v) is 2.03. The van der Waals surface area contributed by atoms with E-state index in [1.165, 1.54) is 0 Å². The number of nitrogens with zero attached hydrogens (tertiary/aromatic N) is 3. The molecule has 0 amide bonds. The Labute approximate surface area is 113 Å². The minimum Gasteiger partial charge on any atom is -0.479 e. The molecule has 6 heteroatoms. The summed E-state index contributed by atoms with van der Waals surface area (Å²) in [6.07, 6.45) is -1.55. The monoisotopic (exact) mass is 269 g/mol. The second kappa shape index (κ2) is 4.75. The molecule has 0 aliphatic heterocycles. The van der Waals surface area contributed by atoms with Crippen molar-refractivity contribution in [3.8, 4) is 5.69 Å². The van der Waals surface area contributed by atoms with Gasteiger partial charge in [-0.05, 0) is 29.8 Å². The Balaban J connectivity index is 2.11. The molecule has 3 rings (SSSR count). The van der Waals surface area contributed by atoms with Gasteiger partial charge in [0.25, 0.3) is 0 Å².